The van der Waals surface area contributed by atoms with Crippen LogP contribution in [0.4, 0.5) is 0 Å². The molecule has 1 aromatic carbocycles. The first-order valence-corrected chi connectivity index (χ1v) is 7.06. The maximum Gasteiger partial charge on any atom is 0.0988 e. The topological polar surface area (TPSA) is 41.6 Å². The summed E-state index contributed by atoms with van der Waals surface area (Å²) >= 11 is 0. The fourth-order valence-electron chi connectivity index (χ4n) is 2.28. The van der Waals surface area contributed by atoms with Gasteiger partial charge in [-0.1, -0.05) is 31.2 Å². The van der Waals surface area contributed by atoms with Crippen molar-refractivity contribution in [3.8, 4) is 11.8 Å². The molecule has 0 amide bonds. The minimum absolute atomic E-state index is 0.685. The van der Waals surface area contributed by atoms with E-state index in [-0.39, 0.29) is 0 Å². The van der Waals surface area contributed by atoms with E-state index in [0.717, 1.165) is 28.8 Å². The molecule has 0 radical (unpaired) electrons. The van der Waals surface area contributed by atoms with Gasteiger partial charge in [-0.15, -0.1) is 0 Å². The van der Waals surface area contributed by atoms with Gasteiger partial charge < -0.3 is 0 Å². The molecule has 2 rings (SSSR count). The Morgan fingerprint density at radius 2 is 2.10 bits per heavy atom. The van der Waals surface area contributed by atoms with Gasteiger partial charge in [-0.05, 0) is 43.5 Å². The van der Waals surface area contributed by atoms with Crippen molar-refractivity contribution in [1.82, 2.24) is 9.78 Å². The van der Waals surface area contributed by atoms with Gasteiger partial charge in [0.15, 0.2) is 0 Å². The molecule has 1 aromatic heterocycles. The molecule has 21 heavy (non-hydrogen) atoms. The second-order valence-corrected chi connectivity index (χ2v) is 4.93. The van der Waals surface area contributed by atoms with E-state index in [9.17, 15) is 0 Å². The first-order valence-electron chi connectivity index (χ1n) is 7.06. The Morgan fingerprint density at radius 1 is 1.33 bits per heavy atom. The standard InChI is InChI=1S/C18H19N3/c1-4-6-16(13-19)9-10-17-14(2)7-8-15(3)18(17)21-12-5-11-20-21/h5-12H,4H2,1-3H3/b10-9-,16-6-. The van der Waals surface area contributed by atoms with E-state index in [1.807, 2.05) is 42.1 Å². The molecular weight excluding hydrogens is 258 g/mol. The summed E-state index contributed by atoms with van der Waals surface area (Å²) in [6.45, 7) is 6.17. The second kappa shape index (κ2) is 6.71. The van der Waals surface area contributed by atoms with Crippen molar-refractivity contribution in [2.75, 3.05) is 0 Å². The van der Waals surface area contributed by atoms with Crippen molar-refractivity contribution in [1.29, 1.82) is 5.26 Å². The largest absolute Gasteiger partial charge is 0.240 e. The number of benzene rings is 1. The molecule has 0 saturated carbocycles. The van der Waals surface area contributed by atoms with Gasteiger partial charge in [0.25, 0.3) is 0 Å². The van der Waals surface area contributed by atoms with Gasteiger partial charge in [0.1, 0.15) is 0 Å². The van der Waals surface area contributed by atoms with E-state index >= 15 is 0 Å². The molecule has 0 aliphatic carbocycles. The molecule has 0 atom stereocenters. The lowest BCUT2D eigenvalue weighted by molar-refractivity contribution is 0.869. The Balaban J connectivity index is 2.54. The zero-order chi connectivity index (χ0) is 15.2. The molecule has 2 aromatic rings. The lowest BCUT2D eigenvalue weighted by atomic mass is 10.0. The predicted octanol–water partition coefficient (Wildman–Crippen LogP) is 4.36. The van der Waals surface area contributed by atoms with Gasteiger partial charge in [0.2, 0.25) is 0 Å². The van der Waals surface area contributed by atoms with Crippen molar-refractivity contribution in [2.24, 2.45) is 0 Å². The van der Waals surface area contributed by atoms with Gasteiger partial charge in [-0.25, -0.2) is 4.68 Å². The molecule has 0 bridgehead atoms. The van der Waals surface area contributed by atoms with Gasteiger partial charge >= 0.3 is 0 Å². The third-order valence-electron chi connectivity index (χ3n) is 3.35. The summed E-state index contributed by atoms with van der Waals surface area (Å²) in [7, 11) is 0. The molecule has 1 heterocycles. The summed E-state index contributed by atoms with van der Waals surface area (Å²) in [5, 5.41) is 13.5. The highest BCUT2D eigenvalue weighted by Gasteiger charge is 2.09. The van der Waals surface area contributed by atoms with E-state index in [1.54, 1.807) is 6.20 Å². The summed E-state index contributed by atoms with van der Waals surface area (Å²) < 4.78 is 1.87. The first-order chi connectivity index (χ1) is 10.2. The SMILES string of the molecule is CC/C=C(C#N)/C=C\c1c(C)ccc(C)c1-n1cccn1. The summed E-state index contributed by atoms with van der Waals surface area (Å²) in [6, 6.07) is 8.31. The zero-order valence-corrected chi connectivity index (χ0v) is 12.7. The normalized spacial score (nSPS) is 11.8. The summed E-state index contributed by atoms with van der Waals surface area (Å²) in [4.78, 5) is 0. The zero-order valence-electron chi connectivity index (χ0n) is 12.7. The Hall–Kier alpha value is -2.60. The molecule has 3 nitrogen and oxygen atoms in total. The number of aryl methyl sites for hydroxylation is 2. The van der Waals surface area contributed by atoms with Gasteiger partial charge in [0.05, 0.1) is 11.8 Å². The van der Waals surface area contributed by atoms with Crippen LogP contribution >= 0.6 is 0 Å². The fraction of sp³-hybridized carbons (Fsp3) is 0.222. The second-order valence-electron chi connectivity index (χ2n) is 4.93. The van der Waals surface area contributed by atoms with Crippen molar-refractivity contribution in [3.05, 3.63) is 65.0 Å². The molecule has 0 spiro atoms. The van der Waals surface area contributed by atoms with Crippen molar-refractivity contribution in [2.45, 2.75) is 27.2 Å². The van der Waals surface area contributed by atoms with Gasteiger partial charge in [-0.2, -0.15) is 10.4 Å². The van der Waals surface area contributed by atoms with Crippen molar-refractivity contribution in [3.63, 3.8) is 0 Å². The number of rotatable bonds is 4. The van der Waals surface area contributed by atoms with Crippen LogP contribution in [0.2, 0.25) is 0 Å². The third kappa shape index (κ3) is 3.29. The van der Waals surface area contributed by atoms with Crippen LogP contribution in [0, 0.1) is 25.2 Å². The van der Waals surface area contributed by atoms with Crippen LogP contribution in [0.1, 0.15) is 30.0 Å². The minimum Gasteiger partial charge on any atom is -0.240 e. The Bertz CT molecular complexity index is 714. The van der Waals surface area contributed by atoms with Crippen molar-refractivity contribution >= 4 is 6.08 Å². The predicted molar refractivity (Wildman–Crippen MR) is 86.1 cm³/mol. The molecule has 0 aliphatic heterocycles. The van der Waals surface area contributed by atoms with Crippen LogP contribution in [-0.4, -0.2) is 9.78 Å². The quantitative estimate of drug-likeness (QED) is 0.615. The Morgan fingerprint density at radius 3 is 2.71 bits per heavy atom. The highest BCUT2D eigenvalue weighted by atomic mass is 15.3. The average Bonchev–Trinajstić information content (AvgIpc) is 3.00. The molecule has 3 heteroatoms. The van der Waals surface area contributed by atoms with E-state index in [0.29, 0.717) is 5.57 Å². The molecule has 0 N–H and O–H groups in total. The van der Waals surface area contributed by atoms with Crippen LogP contribution < -0.4 is 0 Å². The van der Waals surface area contributed by atoms with Crippen LogP contribution in [-0.2, 0) is 0 Å². The van der Waals surface area contributed by atoms with Crippen LogP contribution in [0.3, 0.4) is 0 Å². The van der Waals surface area contributed by atoms with Crippen LogP contribution in [0.25, 0.3) is 11.8 Å². The lowest BCUT2D eigenvalue weighted by Crippen LogP contribution is -2.02. The lowest BCUT2D eigenvalue weighted by Gasteiger charge is -2.12. The number of nitriles is 1. The summed E-state index contributed by atoms with van der Waals surface area (Å²) in [5.41, 5.74) is 5.16. The number of aromatic nitrogens is 2. The van der Waals surface area contributed by atoms with E-state index in [2.05, 4.69) is 37.1 Å². The highest BCUT2D eigenvalue weighted by molar-refractivity contribution is 5.68. The minimum atomic E-state index is 0.685. The monoisotopic (exact) mass is 277 g/mol. The third-order valence-corrected chi connectivity index (χ3v) is 3.35. The van der Waals surface area contributed by atoms with E-state index < -0.39 is 0 Å². The number of nitrogens with zero attached hydrogens (tertiary/aromatic N) is 3. The summed E-state index contributed by atoms with van der Waals surface area (Å²) in [5.74, 6) is 0. The van der Waals surface area contributed by atoms with Gasteiger partial charge in [-0.3, -0.25) is 0 Å². The summed E-state index contributed by atoms with van der Waals surface area (Å²) in [6.07, 6.45) is 10.4. The fourth-order valence-corrected chi connectivity index (χ4v) is 2.28. The maximum absolute atomic E-state index is 9.13. The number of allylic oxidation sites excluding steroid dienone is 3. The maximum atomic E-state index is 9.13. The highest BCUT2D eigenvalue weighted by Crippen LogP contribution is 2.24. The number of hydrogen-bond acceptors (Lipinski definition) is 2. The molecule has 106 valence electrons. The molecule has 0 aliphatic rings. The van der Waals surface area contributed by atoms with E-state index in [4.69, 9.17) is 5.26 Å². The average molecular weight is 277 g/mol. The Labute approximate surface area is 125 Å². The Kier molecular flexibility index (Phi) is 4.73. The van der Waals surface area contributed by atoms with E-state index in [1.165, 1.54) is 0 Å². The molecule has 0 saturated heterocycles. The van der Waals surface area contributed by atoms with Gasteiger partial charge in [0, 0.05) is 23.5 Å². The molecule has 0 unspecified atom stereocenters. The molecular formula is C18H19N3. The van der Waals surface area contributed by atoms with Crippen LogP contribution in [0.5, 0.6) is 0 Å². The van der Waals surface area contributed by atoms with Crippen LogP contribution in [0.15, 0.2) is 48.3 Å². The van der Waals surface area contributed by atoms with Crippen molar-refractivity contribution < 1.29 is 0 Å². The smallest absolute Gasteiger partial charge is 0.0988 e. The number of hydrogen-bond donors (Lipinski definition) is 0. The first kappa shape index (κ1) is 14.8. The molecule has 0 fully saturated rings.